The number of hydrogen-bond donors (Lipinski definition) is 1. The molecule has 1 rings (SSSR count). The SMILES string of the molecule is CCC1CCCC(CC(C(=O)O)N(C)C)C1. The maximum atomic E-state index is 11.1. The highest BCUT2D eigenvalue weighted by atomic mass is 16.4. The molecule has 3 heteroatoms. The Hall–Kier alpha value is -0.570. The van der Waals surface area contributed by atoms with E-state index in [1.54, 1.807) is 0 Å². The van der Waals surface area contributed by atoms with Crippen LogP contribution in [-0.2, 0) is 4.79 Å². The average Bonchev–Trinajstić information content (AvgIpc) is 2.25. The Labute approximate surface area is 98.8 Å². The van der Waals surface area contributed by atoms with E-state index in [0.29, 0.717) is 5.92 Å². The fraction of sp³-hybridized carbons (Fsp3) is 0.923. The Morgan fingerprint density at radius 2 is 2.00 bits per heavy atom. The number of hydrogen-bond acceptors (Lipinski definition) is 2. The van der Waals surface area contributed by atoms with Crippen LogP contribution in [0.2, 0.25) is 0 Å². The van der Waals surface area contributed by atoms with Crippen molar-refractivity contribution in [1.82, 2.24) is 4.90 Å². The Bertz CT molecular complexity index is 228. The van der Waals surface area contributed by atoms with Crippen molar-refractivity contribution in [3.63, 3.8) is 0 Å². The second-order valence-corrected chi connectivity index (χ2v) is 5.36. The van der Waals surface area contributed by atoms with Crippen molar-refractivity contribution < 1.29 is 9.90 Å². The molecular weight excluding hydrogens is 202 g/mol. The monoisotopic (exact) mass is 227 g/mol. The van der Waals surface area contributed by atoms with Gasteiger partial charge in [-0.05, 0) is 38.8 Å². The number of carbonyl (C=O) groups is 1. The van der Waals surface area contributed by atoms with E-state index >= 15 is 0 Å². The van der Waals surface area contributed by atoms with Crippen LogP contribution in [-0.4, -0.2) is 36.1 Å². The Morgan fingerprint density at radius 3 is 2.50 bits per heavy atom. The van der Waals surface area contributed by atoms with Crippen molar-refractivity contribution in [2.75, 3.05) is 14.1 Å². The van der Waals surface area contributed by atoms with E-state index in [0.717, 1.165) is 12.3 Å². The van der Waals surface area contributed by atoms with E-state index in [4.69, 9.17) is 5.11 Å². The molecule has 1 aliphatic rings. The lowest BCUT2D eigenvalue weighted by Crippen LogP contribution is -2.38. The zero-order valence-electron chi connectivity index (χ0n) is 10.8. The molecule has 0 heterocycles. The molecule has 16 heavy (non-hydrogen) atoms. The molecule has 3 unspecified atom stereocenters. The molecule has 3 nitrogen and oxygen atoms in total. The van der Waals surface area contributed by atoms with Crippen LogP contribution in [0.25, 0.3) is 0 Å². The van der Waals surface area contributed by atoms with E-state index in [2.05, 4.69) is 6.92 Å². The summed E-state index contributed by atoms with van der Waals surface area (Å²) in [6.45, 7) is 2.24. The molecule has 1 aliphatic carbocycles. The quantitative estimate of drug-likeness (QED) is 0.785. The third-order valence-electron chi connectivity index (χ3n) is 3.93. The van der Waals surface area contributed by atoms with Crippen LogP contribution in [0.1, 0.15) is 45.4 Å². The summed E-state index contributed by atoms with van der Waals surface area (Å²) in [6.07, 6.45) is 7.13. The van der Waals surface area contributed by atoms with E-state index in [1.165, 1.54) is 32.1 Å². The largest absolute Gasteiger partial charge is 0.480 e. The molecule has 0 spiro atoms. The van der Waals surface area contributed by atoms with Gasteiger partial charge in [0, 0.05) is 0 Å². The summed E-state index contributed by atoms with van der Waals surface area (Å²) in [7, 11) is 3.72. The van der Waals surface area contributed by atoms with Crippen LogP contribution < -0.4 is 0 Å². The van der Waals surface area contributed by atoms with Gasteiger partial charge >= 0.3 is 5.97 Å². The van der Waals surface area contributed by atoms with Gasteiger partial charge in [0.1, 0.15) is 6.04 Å². The van der Waals surface area contributed by atoms with Crippen molar-refractivity contribution >= 4 is 5.97 Å². The number of carboxylic acid groups (broad SMARTS) is 1. The van der Waals surface area contributed by atoms with Gasteiger partial charge in [-0.2, -0.15) is 0 Å². The first-order valence-electron chi connectivity index (χ1n) is 6.43. The summed E-state index contributed by atoms with van der Waals surface area (Å²) >= 11 is 0. The lowest BCUT2D eigenvalue weighted by molar-refractivity contribution is -0.143. The van der Waals surface area contributed by atoms with Crippen molar-refractivity contribution in [2.24, 2.45) is 11.8 Å². The molecule has 0 aromatic rings. The Kier molecular flexibility index (Phi) is 5.26. The van der Waals surface area contributed by atoms with Gasteiger partial charge in [-0.25, -0.2) is 0 Å². The second-order valence-electron chi connectivity index (χ2n) is 5.36. The lowest BCUT2D eigenvalue weighted by atomic mass is 9.77. The minimum Gasteiger partial charge on any atom is -0.480 e. The number of likely N-dealkylation sites (N-methyl/N-ethyl adjacent to an activating group) is 1. The summed E-state index contributed by atoms with van der Waals surface area (Å²) in [6, 6.07) is -0.305. The third kappa shape index (κ3) is 3.78. The highest BCUT2D eigenvalue weighted by Crippen LogP contribution is 2.33. The van der Waals surface area contributed by atoms with Crippen LogP contribution in [0, 0.1) is 11.8 Å². The highest BCUT2D eigenvalue weighted by Gasteiger charge is 2.27. The lowest BCUT2D eigenvalue weighted by Gasteiger charge is -2.31. The van der Waals surface area contributed by atoms with Crippen LogP contribution in [0.15, 0.2) is 0 Å². The molecule has 0 radical (unpaired) electrons. The topological polar surface area (TPSA) is 40.5 Å². The first kappa shape index (κ1) is 13.5. The summed E-state index contributed by atoms with van der Waals surface area (Å²) in [5, 5.41) is 9.16. The van der Waals surface area contributed by atoms with Gasteiger partial charge in [0.15, 0.2) is 0 Å². The summed E-state index contributed by atoms with van der Waals surface area (Å²) in [5.74, 6) is 0.765. The molecule has 0 aromatic heterocycles. The molecule has 1 N–H and O–H groups in total. The van der Waals surface area contributed by atoms with Crippen molar-refractivity contribution in [3.05, 3.63) is 0 Å². The maximum Gasteiger partial charge on any atom is 0.320 e. The zero-order valence-corrected chi connectivity index (χ0v) is 10.8. The third-order valence-corrected chi connectivity index (χ3v) is 3.93. The minimum absolute atomic E-state index is 0.305. The van der Waals surface area contributed by atoms with Gasteiger partial charge < -0.3 is 5.11 Å². The second kappa shape index (κ2) is 6.24. The Balaban J connectivity index is 2.48. The van der Waals surface area contributed by atoms with Crippen molar-refractivity contribution in [3.8, 4) is 0 Å². The molecule has 1 fully saturated rings. The van der Waals surface area contributed by atoms with Crippen LogP contribution >= 0.6 is 0 Å². The minimum atomic E-state index is -0.677. The molecule has 0 saturated heterocycles. The fourth-order valence-corrected chi connectivity index (χ4v) is 2.84. The molecule has 0 amide bonds. The van der Waals surface area contributed by atoms with E-state index in [1.807, 2.05) is 19.0 Å². The van der Waals surface area contributed by atoms with Crippen LogP contribution in [0.5, 0.6) is 0 Å². The fourth-order valence-electron chi connectivity index (χ4n) is 2.84. The standard InChI is InChI=1S/C13H25NO2/c1-4-10-6-5-7-11(8-10)9-12(13(15)16)14(2)3/h10-12H,4-9H2,1-3H3,(H,15,16). The molecule has 0 aliphatic heterocycles. The molecule has 94 valence electrons. The molecule has 1 saturated carbocycles. The first-order chi connectivity index (χ1) is 7.54. The van der Waals surface area contributed by atoms with Crippen LogP contribution in [0.3, 0.4) is 0 Å². The van der Waals surface area contributed by atoms with Gasteiger partial charge in [-0.15, -0.1) is 0 Å². The van der Waals surface area contributed by atoms with E-state index in [9.17, 15) is 4.79 Å². The van der Waals surface area contributed by atoms with Crippen molar-refractivity contribution in [1.29, 1.82) is 0 Å². The maximum absolute atomic E-state index is 11.1. The number of aliphatic carboxylic acids is 1. The Morgan fingerprint density at radius 1 is 1.38 bits per heavy atom. The number of nitrogens with zero attached hydrogens (tertiary/aromatic N) is 1. The van der Waals surface area contributed by atoms with Crippen LogP contribution in [0.4, 0.5) is 0 Å². The normalized spacial score (nSPS) is 28.0. The predicted molar refractivity (Wildman–Crippen MR) is 65.5 cm³/mol. The first-order valence-corrected chi connectivity index (χ1v) is 6.43. The molecule has 0 aromatic carbocycles. The average molecular weight is 227 g/mol. The summed E-state index contributed by atoms with van der Waals surface area (Å²) in [5.41, 5.74) is 0. The smallest absolute Gasteiger partial charge is 0.320 e. The van der Waals surface area contributed by atoms with E-state index < -0.39 is 5.97 Å². The van der Waals surface area contributed by atoms with Gasteiger partial charge in [-0.1, -0.05) is 32.6 Å². The molecule has 0 bridgehead atoms. The predicted octanol–water partition coefficient (Wildman–Crippen LogP) is 2.61. The van der Waals surface area contributed by atoms with Gasteiger partial charge in [0.25, 0.3) is 0 Å². The van der Waals surface area contributed by atoms with Gasteiger partial charge in [-0.3, -0.25) is 9.69 Å². The number of rotatable bonds is 5. The summed E-state index contributed by atoms with van der Waals surface area (Å²) < 4.78 is 0. The highest BCUT2D eigenvalue weighted by molar-refractivity contribution is 5.73. The van der Waals surface area contributed by atoms with E-state index in [-0.39, 0.29) is 6.04 Å². The molecule has 3 atom stereocenters. The molecular formula is C13H25NO2. The zero-order chi connectivity index (χ0) is 12.1. The van der Waals surface area contributed by atoms with Gasteiger partial charge in [0.2, 0.25) is 0 Å². The summed E-state index contributed by atoms with van der Waals surface area (Å²) in [4.78, 5) is 13.0. The van der Waals surface area contributed by atoms with Crippen molar-refractivity contribution in [2.45, 2.75) is 51.5 Å². The number of carboxylic acids is 1. The van der Waals surface area contributed by atoms with Gasteiger partial charge in [0.05, 0.1) is 0 Å².